The molecule has 14 heavy (non-hydrogen) atoms. The van der Waals surface area contributed by atoms with Gasteiger partial charge in [-0.3, -0.25) is 0 Å². The number of nitrogens with zero attached hydrogens (tertiary/aromatic N) is 2. The van der Waals surface area contributed by atoms with E-state index in [2.05, 4.69) is 16.0 Å². The largest absolute Gasteiger partial charge is 0.396 e. The summed E-state index contributed by atoms with van der Waals surface area (Å²) in [5.74, 6) is 0. The molecule has 1 aromatic carbocycles. The Morgan fingerprint density at radius 1 is 1.29 bits per heavy atom. The van der Waals surface area contributed by atoms with Crippen LogP contribution in [0.5, 0.6) is 0 Å². The zero-order valence-electron chi connectivity index (χ0n) is 7.94. The molecule has 0 bridgehead atoms. The molecule has 0 fully saturated rings. The molecule has 0 saturated carbocycles. The fraction of sp³-hybridized carbons (Fsp3) is 0.0909. The van der Waals surface area contributed by atoms with E-state index in [-0.39, 0.29) is 0 Å². The highest BCUT2D eigenvalue weighted by Crippen LogP contribution is 2.22. The van der Waals surface area contributed by atoms with Crippen molar-refractivity contribution in [3.8, 4) is 11.3 Å². The van der Waals surface area contributed by atoms with Crippen LogP contribution in [0.4, 0.5) is 5.69 Å². The van der Waals surface area contributed by atoms with Crippen molar-refractivity contribution in [2.75, 3.05) is 5.73 Å². The normalized spacial score (nSPS) is 10.1. The molecule has 2 N–H and O–H groups in total. The Morgan fingerprint density at radius 2 is 2.14 bits per heavy atom. The molecule has 2 aromatic rings. The Balaban J connectivity index is 2.55. The van der Waals surface area contributed by atoms with Crippen molar-refractivity contribution in [1.82, 2.24) is 9.97 Å². The van der Waals surface area contributed by atoms with Gasteiger partial charge in [0.15, 0.2) is 0 Å². The first-order valence-corrected chi connectivity index (χ1v) is 4.40. The first-order valence-electron chi connectivity index (χ1n) is 4.40. The summed E-state index contributed by atoms with van der Waals surface area (Å²) < 4.78 is 0. The topological polar surface area (TPSA) is 51.8 Å². The van der Waals surface area contributed by atoms with Gasteiger partial charge in [0.2, 0.25) is 0 Å². The molecule has 0 unspecified atom stereocenters. The van der Waals surface area contributed by atoms with Gasteiger partial charge in [-0.15, -0.1) is 0 Å². The van der Waals surface area contributed by atoms with Gasteiger partial charge in [0.1, 0.15) is 6.33 Å². The number of aromatic nitrogens is 2. The van der Waals surface area contributed by atoms with E-state index in [9.17, 15) is 0 Å². The van der Waals surface area contributed by atoms with Gasteiger partial charge in [-0.1, -0.05) is 23.8 Å². The molecular formula is C11H11N3. The molecular weight excluding hydrogens is 174 g/mol. The van der Waals surface area contributed by atoms with Gasteiger partial charge < -0.3 is 5.73 Å². The molecule has 0 amide bonds. The SMILES string of the molecule is Cc1cccc(-c2ncncc2N)c1. The van der Waals surface area contributed by atoms with Crippen molar-refractivity contribution in [2.45, 2.75) is 6.92 Å². The van der Waals surface area contributed by atoms with E-state index in [1.165, 1.54) is 11.9 Å². The van der Waals surface area contributed by atoms with Gasteiger partial charge in [-0.05, 0) is 13.0 Å². The zero-order chi connectivity index (χ0) is 9.97. The Morgan fingerprint density at radius 3 is 2.86 bits per heavy atom. The van der Waals surface area contributed by atoms with Crippen molar-refractivity contribution in [3.63, 3.8) is 0 Å². The van der Waals surface area contributed by atoms with Gasteiger partial charge in [-0.25, -0.2) is 9.97 Å². The number of nitrogen functional groups attached to an aromatic ring is 1. The van der Waals surface area contributed by atoms with E-state index in [0.717, 1.165) is 11.3 Å². The van der Waals surface area contributed by atoms with Crippen LogP contribution in [0.25, 0.3) is 11.3 Å². The first-order chi connectivity index (χ1) is 6.77. The Kier molecular flexibility index (Phi) is 2.14. The Hall–Kier alpha value is -1.90. The zero-order valence-corrected chi connectivity index (χ0v) is 7.94. The summed E-state index contributed by atoms with van der Waals surface area (Å²) in [5, 5.41) is 0. The fourth-order valence-corrected chi connectivity index (χ4v) is 1.37. The molecule has 1 heterocycles. The van der Waals surface area contributed by atoms with Gasteiger partial charge in [-0.2, -0.15) is 0 Å². The van der Waals surface area contributed by atoms with Crippen LogP contribution in [0.3, 0.4) is 0 Å². The van der Waals surface area contributed by atoms with E-state index < -0.39 is 0 Å². The number of hydrogen-bond donors (Lipinski definition) is 1. The summed E-state index contributed by atoms with van der Waals surface area (Å²) in [5.41, 5.74) is 9.41. The van der Waals surface area contributed by atoms with Crippen LogP contribution in [-0.4, -0.2) is 9.97 Å². The lowest BCUT2D eigenvalue weighted by Gasteiger charge is -2.03. The third-order valence-corrected chi connectivity index (χ3v) is 2.03. The minimum absolute atomic E-state index is 0.609. The van der Waals surface area contributed by atoms with Crippen LogP contribution in [0.1, 0.15) is 5.56 Å². The second-order valence-electron chi connectivity index (χ2n) is 3.20. The molecule has 0 radical (unpaired) electrons. The monoisotopic (exact) mass is 185 g/mol. The first kappa shape index (κ1) is 8.69. The van der Waals surface area contributed by atoms with Crippen LogP contribution in [-0.2, 0) is 0 Å². The van der Waals surface area contributed by atoms with Crippen LogP contribution in [0.15, 0.2) is 36.8 Å². The number of nitrogens with two attached hydrogens (primary N) is 1. The molecule has 2 rings (SSSR count). The third kappa shape index (κ3) is 1.57. The van der Waals surface area contributed by atoms with E-state index in [1.54, 1.807) is 6.20 Å². The fourth-order valence-electron chi connectivity index (χ4n) is 1.37. The summed E-state index contributed by atoms with van der Waals surface area (Å²) in [4.78, 5) is 8.01. The second kappa shape index (κ2) is 3.46. The van der Waals surface area contributed by atoms with Gasteiger partial charge >= 0.3 is 0 Å². The van der Waals surface area contributed by atoms with E-state index in [1.807, 2.05) is 25.1 Å². The average molecular weight is 185 g/mol. The van der Waals surface area contributed by atoms with Crippen molar-refractivity contribution >= 4 is 5.69 Å². The van der Waals surface area contributed by atoms with Crippen molar-refractivity contribution in [2.24, 2.45) is 0 Å². The Labute approximate surface area is 82.6 Å². The molecule has 0 aliphatic carbocycles. The molecule has 3 heteroatoms. The smallest absolute Gasteiger partial charge is 0.116 e. The molecule has 0 aliphatic heterocycles. The van der Waals surface area contributed by atoms with E-state index >= 15 is 0 Å². The average Bonchev–Trinajstić information content (AvgIpc) is 2.18. The minimum atomic E-state index is 0.609. The van der Waals surface area contributed by atoms with Crippen LogP contribution >= 0.6 is 0 Å². The molecule has 0 spiro atoms. The molecule has 0 saturated heterocycles. The highest BCUT2D eigenvalue weighted by atomic mass is 14.9. The Bertz CT molecular complexity index is 452. The minimum Gasteiger partial charge on any atom is -0.396 e. The maximum absolute atomic E-state index is 5.78. The third-order valence-electron chi connectivity index (χ3n) is 2.03. The predicted octanol–water partition coefficient (Wildman–Crippen LogP) is 2.03. The number of aryl methyl sites for hydroxylation is 1. The summed E-state index contributed by atoms with van der Waals surface area (Å²) in [6, 6.07) is 8.08. The van der Waals surface area contributed by atoms with Crippen LogP contribution in [0.2, 0.25) is 0 Å². The van der Waals surface area contributed by atoms with E-state index in [4.69, 9.17) is 5.73 Å². The quantitative estimate of drug-likeness (QED) is 0.739. The van der Waals surface area contributed by atoms with Crippen molar-refractivity contribution in [3.05, 3.63) is 42.4 Å². The summed E-state index contributed by atoms with van der Waals surface area (Å²) in [6.07, 6.45) is 3.12. The number of hydrogen-bond acceptors (Lipinski definition) is 3. The molecule has 70 valence electrons. The van der Waals surface area contributed by atoms with Crippen LogP contribution < -0.4 is 5.73 Å². The molecule has 1 aromatic heterocycles. The predicted molar refractivity (Wildman–Crippen MR) is 56.6 cm³/mol. The van der Waals surface area contributed by atoms with Gasteiger partial charge in [0, 0.05) is 5.56 Å². The highest BCUT2D eigenvalue weighted by molar-refractivity contribution is 5.71. The van der Waals surface area contributed by atoms with Crippen LogP contribution in [0, 0.1) is 6.92 Å². The van der Waals surface area contributed by atoms with E-state index in [0.29, 0.717) is 5.69 Å². The number of benzene rings is 1. The maximum Gasteiger partial charge on any atom is 0.116 e. The second-order valence-corrected chi connectivity index (χ2v) is 3.20. The molecule has 0 aliphatic rings. The lowest BCUT2D eigenvalue weighted by Crippen LogP contribution is -1.94. The lowest BCUT2D eigenvalue weighted by molar-refractivity contribution is 1.18. The maximum atomic E-state index is 5.78. The summed E-state index contributed by atoms with van der Waals surface area (Å²) in [7, 11) is 0. The summed E-state index contributed by atoms with van der Waals surface area (Å²) >= 11 is 0. The van der Waals surface area contributed by atoms with Crippen molar-refractivity contribution in [1.29, 1.82) is 0 Å². The van der Waals surface area contributed by atoms with Crippen molar-refractivity contribution < 1.29 is 0 Å². The number of anilines is 1. The number of rotatable bonds is 1. The lowest BCUT2D eigenvalue weighted by atomic mass is 10.1. The molecule has 3 nitrogen and oxygen atoms in total. The molecule has 0 atom stereocenters. The highest BCUT2D eigenvalue weighted by Gasteiger charge is 2.02. The summed E-state index contributed by atoms with van der Waals surface area (Å²) in [6.45, 7) is 2.04. The standard InChI is InChI=1S/C11H11N3/c1-8-3-2-4-9(5-8)11-10(12)6-13-7-14-11/h2-7H,12H2,1H3. The van der Waals surface area contributed by atoms with Gasteiger partial charge in [0.05, 0.1) is 17.6 Å². The van der Waals surface area contributed by atoms with Gasteiger partial charge in [0.25, 0.3) is 0 Å².